The van der Waals surface area contributed by atoms with E-state index in [0.29, 0.717) is 6.42 Å². The highest BCUT2D eigenvalue weighted by Gasteiger charge is 2.37. The Kier molecular flexibility index (Phi) is 7.20. The molecule has 0 aromatic heterocycles. The molecule has 0 aliphatic carbocycles. The second-order valence-corrected chi connectivity index (χ2v) is 9.87. The first-order valence-electron chi connectivity index (χ1n) is 9.54. The molecule has 7 heteroatoms. The summed E-state index contributed by atoms with van der Waals surface area (Å²) in [5, 5.41) is 10.9. The van der Waals surface area contributed by atoms with Gasteiger partial charge in [-0.3, -0.25) is 10.0 Å². The summed E-state index contributed by atoms with van der Waals surface area (Å²) >= 11 is 0. The van der Waals surface area contributed by atoms with Crippen LogP contribution in [0.4, 0.5) is 0 Å². The summed E-state index contributed by atoms with van der Waals surface area (Å²) < 4.78 is 28.2. The van der Waals surface area contributed by atoms with Crippen LogP contribution in [-0.2, 0) is 14.8 Å². The zero-order valence-electron chi connectivity index (χ0n) is 17.1. The minimum atomic E-state index is -3.94. The number of fused-ring (bicyclic) bond motifs is 1. The second-order valence-electron chi connectivity index (χ2n) is 7.98. The van der Waals surface area contributed by atoms with Crippen molar-refractivity contribution in [1.29, 1.82) is 0 Å². The van der Waals surface area contributed by atoms with Crippen molar-refractivity contribution >= 4 is 26.7 Å². The van der Waals surface area contributed by atoms with E-state index in [9.17, 15) is 13.2 Å². The Hall–Kier alpha value is -1.96. The average molecular weight is 407 g/mol. The number of carbonyl (C=O) groups excluding carboxylic acids is 1. The Morgan fingerprint density at radius 1 is 1.07 bits per heavy atom. The summed E-state index contributed by atoms with van der Waals surface area (Å²) in [5.41, 5.74) is 2.67. The Bertz CT molecular complexity index is 939. The zero-order chi connectivity index (χ0) is 21.1. The maximum atomic E-state index is 13.5. The smallest absolute Gasteiger partial charge is 0.262 e. The van der Waals surface area contributed by atoms with Crippen LogP contribution in [0.3, 0.4) is 0 Å². The Morgan fingerprint density at radius 2 is 1.71 bits per heavy atom. The first-order valence-corrected chi connectivity index (χ1v) is 11.0. The van der Waals surface area contributed by atoms with E-state index in [-0.39, 0.29) is 23.3 Å². The highest BCUT2D eigenvalue weighted by molar-refractivity contribution is 7.89. The topological polar surface area (TPSA) is 86.7 Å². The SMILES string of the molecule is Cc1ccc2ccc(S(=O)(=O)N(CCC(C)C)C(C(=O)NO)C(C)C)cc2c1. The molecular weight excluding hydrogens is 376 g/mol. The lowest BCUT2D eigenvalue weighted by Gasteiger charge is -2.32. The van der Waals surface area contributed by atoms with Crippen molar-refractivity contribution in [1.82, 2.24) is 9.79 Å². The van der Waals surface area contributed by atoms with Crippen molar-refractivity contribution in [3.05, 3.63) is 42.0 Å². The van der Waals surface area contributed by atoms with Crippen molar-refractivity contribution in [2.24, 2.45) is 11.8 Å². The third kappa shape index (κ3) is 4.90. The van der Waals surface area contributed by atoms with Gasteiger partial charge >= 0.3 is 0 Å². The van der Waals surface area contributed by atoms with Crippen LogP contribution in [0.2, 0.25) is 0 Å². The van der Waals surface area contributed by atoms with Gasteiger partial charge in [-0.15, -0.1) is 0 Å². The quantitative estimate of drug-likeness (QED) is 0.517. The molecule has 0 fully saturated rings. The molecule has 0 bridgehead atoms. The molecule has 28 heavy (non-hydrogen) atoms. The van der Waals surface area contributed by atoms with Crippen LogP contribution in [0.15, 0.2) is 41.3 Å². The van der Waals surface area contributed by atoms with Gasteiger partial charge in [0.1, 0.15) is 6.04 Å². The maximum absolute atomic E-state index is 13.5. The van der Waals surface area contributed by atoms with Crippen LogP contribution < -0.4 is 5.48 Å². The molecule has 2 rings (SSSR count). The second kappa shape index (κ2) is 9.03. The van der Waals surface area contributed by atoms with Gasteiger partial charge in [-0.2, -0.15) is 4.31 Å². The van der Waals surface area contributed by atoms with E-state index in [1.807, 2.05) is 39.0 Å². The number of carbonyl (C=O) groups is 1. The van der Waals surface area contributed by atoms with Crippen molar-refractivity contribution in [3.8, 4) is 0 Å². The molecule has 2 aromatic carbocycles. The molecule has 0 saturated carbocycles. The van der Waals surface area contributed by atoms with E-state index in [1.54, 1.807) is 37.5 Å². The summed E-state index contributed by atoms with van der Waals surface area (Å²) in [7, 11) is -3.94. The van der Waals surface area contributed by atoms with Gasteiger partial charge in [-0.05, 0) is 48.1 Å². The van der Waals surface area contributed by atoms with E-state index in [4.69, 9.17) is 5.21 Å². The van der Waals surface area contributed by atoms with Gasteiger partial charge in [0.05, 0.1) is 4.90 Å². The van der Waals surface area contributed by atoms with Crippen molar-refractivity contribution in [2.75, 3.05) is 6.54 Å². The number of benzene rings is 2. The molecule has 6 nitrogen and oxygen atoms in total. The van der Waals surface area contributed by atoms with E-state index >= 15 is 0 Å². The maximum Gasteiger partial charge on any atom is 0.262 e. The van der Waals surface area contributed by atoms with E-state index in [2.05, 4.69) is 0 Å². The van der Waals surface area contributed by atoms with Gasteiger partial charge < -0.3 is 0 Å². The van der Waals surface area contributed by atoms with Crippen LogP contribution in [0.25, 0.3) is 10.8 Å². The number of aryl methyl sites for hydroxylation is 1. The lowest BCUT2D eigenvalue weighted by atomic mass is 10.0. The number of hydrogen-bond donors (Lipinski definition) is 2. The van der Waals surface area contributed by atoms with Gasteiger partial charge in [0.2, 0.25) is 10.0 Å². The zero-order valence-corrected chi connectivity index (χ0v) is 18.0. The predicted molar refractivity (Wildman–Crippen MR) is 111 cm³/mol. The molecule has 1 atom stereocenters. The average Bonchev–Trinajstić information content (AvgIpc) is 2.63. The Morgan fingerprint density at radius 3 is 2.29 bits per heavy atom. The van der Waals surface area contributed by atoms with Crippen molar-refractivity contribution < 1.29 is 18.4 Å². The summed E-state index contributed by atoms with van der Waals surface area (Å²) in [6, 6.07) is 9.87. The van der Waals surface area contributed by atoms with Crippen LogP contribution in [0.1, 0.15) is 39.7 Å². The number of nitrogens with one attached hydrogen (secondary N) is 1. The molecule has 154 valence electrons. The first kappa shape index (κ1) is 22.3. The first-order chi connectivity index (χ1) is 13.1. The molecular formula is C21H30N2O4S. The fraction of sp³-hybridized carbons (Fsp3) is 0.476. The van der Waals surface area contributed by atoms with E-state index < -0.39 is 22.0 Å². The highest BCUT2D eigenvalue weighted by Crippen LogP contribution is 2.27. The molecule has 2 N–H and O–H groups in total. The number of hydroxylamine groups is 1. The molecule has 0 radical (unpaired) electrons. The summed E-state index contributed by atoms with van der Waals surface area (Å²) in [5.74, 6) is -0.766. The number of sulfonamides is 1. The largest absolute Gasteiger partial charge is 0.289 e. The van der Waals surface area contributed by atoms with Gasteiger partial charge in [0.25, 0.3) is 5.91 Å². The minimum Gasteiger partial charge on any atom is -0.289 e. The number of nitrogens with zero attached hydrogens (tertiary/aromatic N) is 1. The van der Waals surface area contributed by atoms with Crippen LogP contribution in [-0.4, -0.2) is 36.4 Å². The molecule has 0 heterocycles. The van der Waals surface area contributed by atoms with Crippen molar-refractivity contribution in [3.63, 3.8) is 0 Å². The molecule has 1 unspecified atom stereocenters. The summed E-state index contributed by atoms with van der Waals surface area (Å²) in [6.45, 7) is 9.68. The molecule has 1 amide bonds. The Labute approximate surface area is 167 Å². The fourth-order valence-electron chi connectivity index (χ4n) is 3.27. The third-order valence-corrected chi connectivity index (χ3v) is 6.70. The van der Waals surface area contributed by atoms with Crippen LogP contribution in [0, 0.1) is 18.8 Å². The fourth-order valence-corrected chi connectivity index (χ4v) is 5.04. The molecule has 2 aromatic rings. The lowest BCUT2D eigenvalue weighted by Crippen LogP contribution is -2.52. The third-order valence-electron chi connectivity index (χ3n) is 4.82. The minimum absolute atomic E-state index is 0.144. The molecule has 0 aliphatic heterocycles. The monoisotopic (exact) mass is 406 g/mol. The normalized spacial score (nSPS) is 13.5. The summed E-state index contributed by atoms with van der Waals surface area (Å²) in [6.07, 6.45) is 0.605. The van der Waals surface area contributed by atoms with Gasteiger partial charge in [-0.25, -0.2) is 13.9 Å². The van der Waals surface area contributed by atoms with E-state index in [0.717, 1.165) is 16.3 Å². The van der Waals surface area contributed by atoms with E-state index in [1.165, 1.54) is 4.31 Å². The molecule has 0 spiro atoms. The Balaban J connectivity index is 2.57. The number of rotatable bonds is 8. The van der Waals surface area contributed by atoms with Gasteiger partial charge in [-0.1, -0.05) is 57.5 Å². The summed E-state index contributed by atoms with van der Waals surface area (Å²) in [4.78, 5) is 12.5. The molecule has 0 saturated heterocycles. The van der Waals surface area contributed by atoms with Gasteiger partial charge in [0.15, 0.2) is 0 Å². The number of amides is 1. The standard InChI is InChI=1S/C21H30N2O4S/c1-14(2)10-11-23(20(15(3)4)21(24)22-25)28(26,27)19-9-8-17-7-6-16(5)12-18(17)13-19/h6-9,12-15,20,25H,10-11H2,1-5H3,(H,22,24). The lowest BCUT2D eigenvalue weighted by molar-refractivity contribution is -0.134. The van der Waals surface area contributed by atoms with Crippen LogP contribution in [0.5, 0.6) is 0 Å². The molecule has 0 aliphatic rings. The predicted octanol–water partition coefficient (Wildman–Crippen LogP) is 3.72. The highest BCUT2D eigenvalue weighted by atomic mass is 32.2. The van der Waals surface area contributed by atoms with Gasteiger partial charge in [0, 0.05) is 6.54 Å². The number of hydrogen-bond acceptors (Lipinski definition) is 4. The van der Waals surface area contributed by atoms with Crippen molar-refractivity contribution in [2.45, 2.75) is 52.0 Å². The van der Waals surface area contributed by atoms with Crippen LogP contribution >= 0.6 is 0 Å².